The van der Waals surface area contributed by atoms with Crippen molar-refractivity contribution in [3.05, 3.63) is 35.6 Å². The molecule has 1 saturated carbocycles. The molecule has 1 fully saturated rings. The largest absolute Gasteiger partial charge is 0.459 e. The van der Waals surface area contributed by atoms with E-state index in [9.17, 15) is 0 Å². The van der Waals surface area contributed by atoms with Gasteiger partial charge in [0.2, 0.25) is 0 Å². The minimum absolute atomic E-state index is 0.639. The number of rotatable bonds is 7. The summed E-state index contributed by atoms with van der Waals surface area (Å²) in [6.07, 6.45) is 2.71. The number of furan rings is 1. The van der Waals surface area contributed by atoms with Crippen molar-refractivity contribution in [1.29, 1.82) is 0 Å². The van der Waals surface area contributed by atoms with Crippen LogP contribution in [0.3, 0.4) is 0 Å². The number of hydrogen-bond donors (Lipinski definition) is 2. The lowest BCUT2D eigenvalue weighted by atomic mass is 10.1. The molecule has 0 spiro atoms. The normalized spacial score (nSPS) is 15.2. The molecule has 0 saturated heterocycles. The molecule has 0 amide bonds. The summed E-state index contributed by atoms with van der Waals surface area (Å²) in [6, 6.07) is 8.97. The quantitative estimate of drug-likeness (QED) is 0.606. The Morgan fingerprint density at radius 3 is 2.75 bits per heavy atom. The van der Waals surface area contributed by atoms with Gasteiger partial charge in [0.05, 0.1) is 6.54 Å². The Balaban J connectivity index is 1.50. The molecule has 1 aromatic heterocycles. The van der Waals surface area contributed by atoms with Gasteiger partial charge in [0.25, 0.3) is 0 Å². The highest BCUT2D eigenvalue weighted by Gasteiger charge is 2.27. The van der Waals surface area contributed by atoms with Gasteiger partial charge in [0.1, 0.15) is 11.3 Å². The average Bonchev–Trinajstić information content (AvgIpc) is 3.40. The van der Waals surface area contributed by atoms with Crippen molar-refractivity contribution >= 4 is 16.9 Å². The first-order valence-electron chi connectivity index (χ1n) is 8.88. The number of nitrogens with zero attached hydrogens (tertiary/aromatic N) is 2. The molecule has 5 nitrogen and oxygen atoms in total. The van der Waals surface area contributed by atoms with Crippen LogP contribution in [0.25, 0.3) is 11.0 Å². The molecule has 24 heavy (non-hydrogen) atoms. The number of likely N-dealkylation sites (N-methyl/N-ethyl adjacent to an activating group) is 1. The van der Waals surface area contributed by atoms with Crippen LogP contribution in [0.2, 0.25) is 0 Å². The third kappa shape index (κ3) is 3.90. The number of nitrogens with one attached hydrogen (secondary N) is 2. The maximum Gasteiger partial charge on any atom is 0.191 e. The molecule has 1 aliphatic rings. The summed E-state index contributed by atoms with van der Waals surface area (Å²) >= 11 is 0. The van der Waals surface area contributed by atoms with Gasteiger partial charge in [-0.1, -0.05) is 25.1 Å². The van der Waals surface area contributed by atoms with Gasteiger partial charge in [-0.05, 0) is 32.4 Å². The average molecular weight is 328 g/mol. The van der Waals surface area contributed by atoms with Crippen LogP contribution in [-0.4, -0.2) is 43.6 Å². The number of aliphatic imine (C=N–C) groups is 1. The first-order chi connectivity index (χ1) is 11.7. The van der Waals surface area contributed by atoms with E-state index in [-0.39, 0.29) is 0 Å². The second kappa shape index (κ2) is 7.71. The molecule has 1 heterocycles. The van der Waals surface area contributed by atoms with E-state index in [1.807, 2.05) is 18.2 Å². The maximum absolute atomic E-state index is 5.94. The minimum Gasteiger partial charge on any atom is -0.459 e. The van der Waals surface area contributed by atoms with E-state index in [0.29, 0.717) is 6.54 Å². The van der Waals surface area contributed by atoms with Crippen molar-refractivity contribution in [2.75, 3.05) is 26.7 Å². The first kappa shape index (κ1) is 16.8. The van der Waals surface area contributed by atoms with E-state index in [4.69, 9.17) is 4.42 Å². The Labute approximate surface area is 144 Å². The minimum atomic E-state index is 0.639. The summed E-state index contributed by atoms with van der Waals surface area (Å²) in [6.45, 7) is 8.06. The van der Waals surface area contributed by atoms with Gasteiger partial charge in [-0.25, -0.2) is 0 Å². The van der Waals surface area contributed by atoms with Gasteiger partial charge in [-0.15, -0.1) is 0 Å². The second-order valence-corrected chi connectivity index (χ2v) is 6.36. The van der Waals surface area contributed by atoms with Crippen LogP contribution in [0, 0.1) is 6.92 Å². The van der Waals surface area contributed by atoms with Gasteiger partial charge in [0.15, 0.2) is 5.96 Å². The Hall–Kier alpha value is -2.01. The van der Waals surface area contributed by atoms with Crippen molar-refractivity contribution in [2.24, 2.45) is 4.99 Å². The lowest BCUT2D eigenvalue weighted by molar-refractivity contribution is 0.282. The predicted molar refractivity (Wildman–Crippen MR) is 99.4 cm³/mol. The predicted octanol–water partition coefficient (Wildman–Crippen LogP) is 2.89. The van der Waals surface area contributed by atoms with E-state index < -0.39 is 0 Å². The summed E-state index contributed by atoms with van der Waals surface area (Å²) in [5.74, 6) is 1.79. The highest BCUT2D eigenvalue weighted by molar-refractivity contribution is 5.82. The van der Waals surface area contributed by atoms with Crippen LogP contribution in [0.5, 0.6) is 0 Å². The van der Waals surface area contributed by atoms with E-state index >= 15 is 0 Å². The van der Waals surface area contributed by atoms with Crippen molar-refractivity contribution in [2.45, 2.75) is 39.3 Å². The Morgan fingerprint density at radius 2 is 2.08 bits per heavy atom. The summed E-state index contributed by atoms with van der Waals surface area (Å²) in [5.41, 5.74) is 2.14. The van der Waals surface area contributed by atoms with Gasteiger partial charge in [-0.2, -0.15) is 0 Å². The molecule has 0 unspecified atom stereocenters. The highest BCUT2D eigenvalue weighted by atomic mass is 16.3. The number of hydrogen-bond acceptors (Lipinski definition) is 3. The number of benzene rings is 1. The zero-order valence-corrected chi connectivity index (χ0v) is 14.9. The summed E-state index contributed by atoms with van der Waals surface area (Å²) < 4.78 is 5.94. The molecule has 130 valence electrons. The van der Waals surface area contributed by atoms with Crippen LogP contribution in [0.15, 0.2) is 33.7 Å². The molecule has 0 bridgehead atoms. The molecular formula is C19H28N4O. The molecule has 1 aromatic carbocycles. The van der Waals surface area contributed by atoms with Crippen LogP contribution in [0.1, 0.15) is 31.1 Å². The number of aryl methyl sites for hydroxylation is 1. The van der Waals surface area contributed by atoms with Crippen molar-refractivity contribution in [3.63, 3.8) is 0 Å². The Kier molecular flexibility index (Phi) is 5.41. The molecule has 0 radical (unpaired) electrons. The molecule has 5 heteroatoms. The molecule has 0 atom stereocenters. The summed E-state index contributed by atoms with van der Waals surface area (Å²) in [7, 11) is 1.80. The summed E-state index contributed by atoms with van der Waals surface area (Å²) in [5, 5.41) is 7.93. The van der Waals surface area contributed by atoms with E-state index in [0.717, 1.165) is 43.0 Å². The van der Waals surface area contributed by atoms with Gasteiger partial charge in [0, 0.05) is 37.1 Å². The van der Waals surface area contributed by atoms with E-state index in [1.165, 1.54) is 23.8 Å². The fraction of sp³-hybridized carbons (Fsp3) is 0.526. The van der Waals surface area contributed by atoms with Crippen LogP contribution in [0.4, 0.5) is 0 Å². The third-order valence-electron chi connectivity index (χ3n) is 4.74. The lowest BCUT2D eigenvalue weighted by Gasteiger charge is -2.20. The fourth-order valence-electron chi connectivity index (χ4n) is 3.13. The van der Waals surface area contributed by atoms with Crippen molar-refractivity contribution in [1.82, 2.24) is 15.5 Å². The maximum atomic E-state index is 5.94. The Bertz CT molecular complexity index is 702. The highest BCUT2D eigenvalue weighted by Crippen LogP contribution is 2.26. The number of para-hydroxylation sites is 1. The van der Waals surface area contributed by atoms with E-state index in [2.05, 4.69) is 40.4 Å². The standard InChI is InChI=1S/C19H28N4O/c1-4-23(15-9-10-15)12-11-21-19(20-3)22-13-18-14(2)16-7-5-6-8-17(16)24-18/h5-8,15H,4,9-13H2,1-3H3,(H2,20,21,22). The molecule has 2 aromatic rings. The molecular weight excluding hydrogens is 300 g/mol. The lowest BCUT2D eigenvalue weighted by Crippen LogP contribution is -2.41. The zero-order chi connectivity index (χ0) is 16.9. The fourth-order valence-corrected chi connectivity index (χ4v) is 3.13. The smallest absolute Gasteiger partial charge is 0.191 e. The molecule has 1 aliphatic carbocycles. The Morgan fingerprint density at radius 1 is 1.29 bits per heavy atom. The zero-order valence-electron chi connectivity index (χ0n) is 14.9. The SMILES string of the molecule is CCN(CCNC(=NC)NCc1oc2ccccc2c1C)C1CC1. The van der Waals surface area contributed by atoms with Crippen molar-refractivity contribution in [3.8, 4) is 0 Å². The van der Waals surface area contributed by atoms with Gasteiger partial charge < -0.3 is 15.1 Å². The molecule has 3 rings (SSSR count). The van der Waals surface area contributed by atoms with Crippen LogP contribution < -0.4 is 10.6 Å². The van der Waals surface area contributed by atoms with Crippen LogP contribution >= 0.6 is 0 Å². The first-order valence-corrected chi connectivity index (χ1v) is 8.88. The van der Waals surface area contributed by atoms with E-state index in [1.54, 1.807) is 7.05 Å². The monoisotopic (exact) mass is 328 g/mol. The number of guanidine groups is 1. The van der Waals surface area contributed by atoms with Gasteiger partial charge >= 0.3 is 0 Å². The molecule has 0 aliphatic heterocycles. The van der Waals surface area contributed by atoms with Crippen LogP contribution in [-0.2, 0) is 6.54 Å². The topological polar surface area (TPSA) is 52.8 Å². The second-order valence-electron chi connectivity index (χ2n) is 6.36. The molecule has 2 N–H and O–H groups in total. The van der Waals surface area contributed by atoms with Crippen molar-refractivity contribution < 1.29 is 4.42 Å². The number of fused-ring (bicyclic) bond motifs is 1. The van der Waals surface area contributed by atoms with Gasteiger partial charge in [-0.3, -0.25) is 9.89 Å². The summed E-state index contributed by atoms with van der Waals surface area (Å²) in [4.78, 5) is 6.84. The third-order valence-corrected chi connectivity index (χ3v) is 4.74.